The minimum Gasteiger partial charge on any atom is -0.379 e. The normalized spacial score (nSPS) is 23.4. The molecule has 3 rings (SSSR count). The Labute approximate surface area is 163 Å². The fourth-order valence-electron chi connectivity index (χ4n) is 3.20. The van der Waals surface area contributed by atoms with Gasteiger partial charge < -0.3 is 9.64 Å². The van der Waals surface area contributed by atoms with Gasteiger partial charge in [-0.3, -0.25) is 4.90 Å². The van der Waals surface area contributed by atoms with Gasteiger partial charge in [0.15, 0.2) is 0 Å². The molecular weight excluding hydrogens is 405 g/mol. The molecule has 1 N–H and O–H groups in total. The first-order chi connectivity index (χ1) is 11.9. The first-order valence-corrected chi connectivity index (χ1v) is 11.5. The van der Waals surface area contributed by atoms with E-state index in [-0.39, 0.29) is 9.23 Å². The summed E-state index contributed by atoms with van der Waals surface area (Å²) in [5.74, 6) is 0.326. The summed E-state index contributed by atoms with van der Waals surface area (Å²) in [6, 6.07) is 1.40. The molecule has 3 heterocycles. The van der Waals surface area contributed by atoms with E-state index in [0.29, 0.717) is 16.8 Å². The maximum atomic E-state index is 12.4. The van der Waals surface area contributed by atoms with Crippen molar-refractivity contribution in [3.8, 4) is 0 Å². The molecule has 2 aliphatic rings. The molecule has 2 fully saturated rings. The Hall–Kier alpha value is 0.0700. The highest BCUT2D eigenvalue weighted by atomic mass is 35.5. The third-order valence-corrected chi connectivity index (χ3v) is 7.86. The molecule has 10 heteroatoms. The van der Waals surface area contributed by atoms with Crippen LogP contribution in [0.1, 0.15) is 6.42 Å². The van der Waals surface area contributed by atoms with E-state index in [2.05, 4.69) is 14.5 Å². The highest BCUT2D eigenvalue weighted by Crippen LogP contribution is 2.34. The van der Waals surface area contributed by atoms with E-state index >= 15 is 0 Å². The molecule has 0 amide bonds. The SMILES string of the molecule is O=S(=O)(NC[C@@H]1CCN(CCN2CCOCC2)C1)c1cc(Cl)sc1Cl. The zero-order valence-corrected chi connectivity index (χ0v) is 17.1. The second-order valence-electron chi connectivity index (χ2n) is 6.45. The van der Waals surface area contributed by atoms with Gasteiger partial charge in [-0.15, -0.1) is 11.3 Å². The Morgan fingerprint density at radius 2 is 1.92 bits per heavy atom. The van der Waals surface area contributed by atoms with Gasteiger partial charge in [-0.1, -0.05) is 23.2 Å². The van der Waals surface area contributed by atoms with E-state index < -0.39 is 10.0 Å². The van der Waals surface area contributed by atoms with Crippen LogP contribution in [0.2, 0.25) is 8.67 Å². The van der Waals surface area contributed by atoms with Crippen molar-refractivity contribution in [2.45, 2.75) is 11.3 Å². The molecule has 0 unspecified atom stereocenters. The number of nitrogens with zero attached hydrogens (tertiary/aromatic N) is 2. The summed E-state index contributed by atoms with van der Waals surface area (Å²) in [6.07, 6.45) is 1.00. The van der Waals surface area contributed by atoms with Gasteiger partial charge >= 0.3 is 0 Å². The van der Waals surface area contributed by atoms with Crippen LogP contribution < -0.4 is 4.72 Å². The Balaban J connectivity index is 1.43. The van der Waals surface area contributed by atoms with Crippen molar-refractivity contribution in [2.75, 3.05) is 59.0 Å². The van der Waals surface area contributed by atoms with Crippen LogP contribution in [0.5, 0.6) is 0 Å². The fraction of sp³-hybridized carbons (Fsp3) is 0.733. The van der Waals surface area contributed by atoms with Crippen molar-refractivity contribution in [1.82, 2.24) is 14.5 Å². The second kappa shape index (κ2) is 8.84. The maximum Gasteiger partial charge on any atom is 0.242 e. The Morgan fingerprint density at radius 3 is 2.60 bits per heavy atom. The van der Waals surface area contributed by atoms with Gasteiger partial charge in [-0.25, -0.2) is 13.1 Å². The molecular formula is C15H23Cl2N3O3S2. The minimum atomic E-state index is -3.60. The summed E-state index contributed by atoms with van der Waals surface area (Å²) in [7, 11) is -3.60. The van der Waals surface area contributed by atoms with Gasteiger partial charge in [0.2, 0.25) is 10.0 Å². The fourth-order valence-corrected chi connectivity index (χ4v) is 6.47. The first kappa shape index (κ1) is 19.8. The molecule has 0 bridgehead atoms. The number of hydrogen-bond donors (Lipinski definition) is 1. The molecule has 0 aromatic carbocycles. The van der Waals surface area contributed by atoms with Crippen LogP contribution in [0.4, 0.5) is 0 Å². The number of sulfonamides is 1. The van der Waals surface area contributed by atoms with Crippen molar-refractivity contribution in [1.29, 1.82) is 0 Å². The molecule has 142 valence electrons. The number of ether oxygens (including phenoxy) is 1. The van der Waals surface area contributed by atoms with Crippen molar-refractivity contribution in [2.24, 2.45) is 5.92 Å². The van der Waals surface area contributed by atoms with Crippen molar-refractivity contribution in [3.63, 3.8) is 0 Å². The van der Waals surface area contributed by atoms with E-state index in [4.69, 9.17) is 27.9 Å². The lowest BCUT2D eigenvalue weighted by Gasteiger charge is -2.28. The first-order valence-electron chi connectivity index (χ1n) is 8.41. The van der Waals surface area contributed by atoms with E-state index in [1.807, 2.05) is 0 Å². The van der Waals surface area contributed by atoms with E-state index in [9.17, 15) is 8.42 Å². The third kappa shape index (κ3) is 5.52. The molecule has 2 aliphatic heterocycles. The largest absolute Gasteiger partial charge is 0.379 e. The summed E-state index contributed by atoms with van der Waals surface area (Å²) >= 11 is 12.9. The number of rotatable bonds is 7. The van der Waals surface area contributed by atoms with Crippen LogP contribution in [0, 0.1) is 5.92 Å². The zero-order valence-electron chi connectivity index (χ0n) is 13.9. The quantitative estimate of drug-likeness (QED) is 0.720. The van der Waals surface area contributed by atoms with E-state index in [1.165, 1.54) is 6.07 Å². The lowest BCUT2D eigenvalue weighted by Crippen LogP contribution is -2.41. The number of morpholine rings is 1. The Morgan fingerprint density at radius 1 is 1.20 bits per heavy atom. The monoisotopic (exact) mass is 427 g/mol. The van der Waals surface area contributed by atoms with Gasteiger partial charge in [0.05, 0.1) is 17.6 Å². The summed E-state index contributed by atoms with van der Waals surface area (Å²) in [4.78, 5) is 4.90. The van der Waals surface area contributed by atoms with Gasteiger partial charge in [-0.05, 0) is 24.9 Å². The van der Waals surface area contributed by atoms with Gasteiger partial charge in [0.25, 0.3) is 0 Å². The molecule has 0 radical (unpaired) electrons. The van der Waals surface area contributed by atoms with E-state index in [1.54, 1.807) is 0 Å². The maximum absolute atomic E-state index is 12.4. The summed E-state index contributed by atoms with van der Waals surface area (Å²) in [5, 5.41) is 0. The van der Waals surface area contributed by atoms with Crippen LogP contribution >= 0.6 is 34.5 Å². The van der Waals surface area contributed by atoms with Crippen LogP contribution in [-0.4, -0.2) is 77.2 Å². The molecule has 1 aromatic heterocycles. The number of hydrogen-bond acceptors (Lipinski definition) is 6. The van der Waals surface area contributed by atoms with Crippen molar-refractivity contribution < 1.29 is 13.2 Å². The molecule has 0 aliphatic carbocycles. The van der Waals surface area contributed by atoms with Gasteiger partial charge in [0.1, 0.15) is 9.23 Å². The number of nitrogens with one attached hydrogen (secondary N) is 1. The minimum absolute atomic E-state index is 0.0753. The van der Waals surface area contributed by atoms with Crippen LogP contribution in [0.15, 0.2) is 11.0 Å². The van der Waals surface area contributed by atoms with E-state index in [0.717, 1.165) is 70.2 Å². The van der Waals surface area contributed by atoms with Crippen LogP contribution in [0.25, 0.3) is 0 Å². The number of halogens is 2. The molecule has 2 saturated heterocycles. The number of thiophene rings is 1. The predicted molar refractivity (Wildman–Crippen MR) is 101 cm³/mol. The summed E-state index contributed by atoms with van der Waals surface area (Å²) < 4.78 is 33.3. The van der Waals surface area contributed by atoms with Crippen LogP contribution in [-0.2, 0) is 14.8 Å². The molecule has 0 spiro atoms. The summed E-state index contributed by atoms with van der Waals surface area (Å²) in [6.45, 7) is 8.08. The highest BCUT2D eigenvalue weighted by molar-refractivity contribution is 7.89. The molecule has 1 aromatic rings. The third-order valence-electron chi connectivity index (χ3n) is 4.68. The molecule has 6 nitrogen and oxygen atoms in total. The van der Waals surface area contributed by atoms with Crippen molar-refractivity contribution in [3.05, 3.63) is 14.7 Å². The highest BCUT2D eigenvalue weighted by Gasteiger charge is 2.26. The smallest absolute Gasteiger partial charge is 0.242 e. The lowest BCUT2D eigenvalue weighted by atomic mass is 10.1. The molecule has 25 heavy (non-hydrogen) atoms. The van der Waals surface area contributed by atoms with Gasteiger partial charge in [0, 0.05) is 39.3 Å². The lowest BCUT2D eigenvalue weighted by molar-refractivity contribution is 0.0343. The predicted octanol–water partition coefficient (Wildman–Crippen LogP) is 1.99. The van der Waals surface area contributed by atoms with Crippen LogP contribution in [0.3, 0.4) is 0 Å². The average Bonchev–Trinajstić information content (AvgIpc) is 3.18. The standard InChI is InChI=1S/C15H23Cl2N3O3S2/c16-14-9-13(15(17)24-14)25(21,22)18-10-12-1-2-20(11-12)4-3-19-5-7-23-8-6-19/h9,12,18H,1-8,10-11H2/t12-/m0/s1. The van der Waals surface area contributed by atoms with Gasteiger partial charge in [-0.2, -0.15) is 0 Å². The Bertz CT molecular complexity index is 678. The number of likely N-dealkylation sites (tertiary alicyclic amines) is 1. The molecule has 0 saturated carbocycles. The topological polar surface area (TPSA) is 61.9 Å². The second-order valence-corrected chi connectivity index (χ2v) is 10.5. The Kier molecular flexibility index (Phi) is 7.01. The van der Waals surface area contributed by atoms with Crippen molar-refractivity contribution >= 4 is 44.6 Å². The summed E-state index contributed by atoms with van der Waals surface area (Å²) in [5.41, 5.74) is 0. The molecule has 1 atom stereocenters. The zero-order chi connectivity index (χ0) is 17.9. The average molecular weight is 428 g/mol.